The van der Waals surface area contributed by atoms with Crippen LogP contribution in [0.4, 0.5) is 11.4 Å². The Bertz CT molecular complexity index is 838. The van der Waals surface area contributed by atoms with Crippen molar-refractivity contribution < 1.29 is 22.7 Å². The first-order valence-electron chi connectivity index (χ1n) is 9.38. The molecule has 2 aromatic carbocycles. The van der Waals surface area contributed by atoms with E-state index in [-0.39, 0.29) is 24.7 Å². The quantitative estimate of drug-likeness (QED) is 0.294. The van der Waals surface area contributed by atoms with E-state index < -0.39 is 0 Å². The summed E-state index contributed by atoms with van der Waals surface area (Å²) >= 11 is 0.194. The number of hydrogen-bond donors (Lipinski definition) is 0. The van der Waals surface area contributed by atoms with Gasteiger partial charge < -0.3 is 10.6 Å². The molecule has 0 fully saturated rings. The number of nitrogens with zero attached hydrogens (tertiary/aromatic N) is 2. The van der Waals surface area contributed by atoms with Crippen molar-refractivity contribution in [1.29, 1.82) is 0 Å². The zero-order valence-electron chi connectivity index (χ0n) is 18.6. The van der Waals surface area contributed by atoms with Gasteiger partial charge >= 0.3 is 33.3 Å². The molecular formula is C24H28Cl2FeN2O2-2. The number of carbonyl (C=O) groups excluding carboxylic acids is 2. The zero-order valence-corrected chi connectivity index (χ0v) is 21.2. The summed E-state index contributed by atoms with van der Waals surface area (Å²) < 4.78 is 0. The number of rotatable bonds is 6. The molecule has 0 spiro atoms. The average molecular weight is 503 g/mol. The Balaban J connectivity index is 0.000000516. The number of allylic oxidation sites excluding steroid dienone is 4. The fourth-order valence-corrected chi connectivity index (χ4v) is 2.41. The molecule has 0 amide bonds. The van der Waals surface area contributed by atoms with Crippen LogP contribution in [0.25, 0.3) is 10.6 Å². The zero-order chi connectivity index (χ0) is 23.8. The molecule has 0 aromatic heterocycles. The fourth-order valence-electron chi connectivity index (χ4n) is 2.41. The van der Waals surface area contributed by atoms with Crippen LogP contribution in [0.3, 0.4) is 0 Å². The first-order valence-corrected chi connectivity index (χ1v) is 12.4. The first kappa shape index (κ1) is 29.0. The van der Waals surface area contributed by atoms with Crippen LogP contribution in [0.1, 0.15) is 38.8 Å². The summed E-state index contributed by atoms with van der Waals surface area (Å²) in [6.07, 6.45) is 3.07. The van der Waals surface area contributed by atoms with Crippen molar-refractivity contribution in [2.45, 2.75) is 41.5 Å². The second-order valence-electron chi connectivity index (χ2n) is 6.64. The van der Waals surface area contributed by atoms with Gasteiger partial charge in [-0.25, -0.2) is 0 Å². The van der Waals surface area contributed by atoms with Crippen LogP contribution >= 0.6 is 20.2 Å². The third kappa shape index (κ3) is 14.6. The van der Waals surface area contributed by atoms with E-state index in [1.807, 2.05) is 76.2 Å². The van der Waals surface area contributed by atoms with Gasteiger partial charge in [-0.3, -0.25) is 9.59 Å². The summed E-state index contributed by atoms with van der Waals surface area (Å²) in [5, 5.41) is 8.68. The third-order valence-electron chi connectivity index (χ3n) is 3.65. The van der Waals surface area contributed by atoms with Crippen LogP contribution in [-0.4, -0.2) is 11.6 Å². The number of hydrogen-bond acceptors (Lipinski definition) is 2. The van der Waals surface area contributed by atoms with Crippen LogP contribution < -0.4 is 0 Å². The Morgan fingerprint density at radius 2 is 1.00 bits per heavy atom. The third-order valence-corrected chi connectivity index (χ3v) is 3.65. The molecule has 0 N–H and O–H groups in total. The van der Waals surface area contributed by atoms with Crippen molar-refractivity contribution in [1.82, 2.24) is 0 Å². The Hall–Kier alpha value is -2.04. The SMILES string of the molecule is CC(=O)/C=C(/C)[N-]c1ccccc1C.CC(=O)/C=C(/C)[N-]c1ccccc1C.[Cl][Fe][Cl]. The van der Waals surface area contributed by atoms with Gasteiger partial charge in [0.15, 0.2) is 11.6 Å². The molecule has 0 aliphatic carbocycles. The molecule has 0 saturated carbocycles. The van der Waals surface area contributed by atoms with Crippen LogP contribution in [0.5, 0.6) is 0 Å². The van der Waals surface area contributed by atoms with Crippen molar-refractivity contribution in [3.63, 3.8) is 0 Å². The van der Waals surface area contributed by atoms with Crippen LogP contribution in [0, 0.1) is 13.8 Å². The van der Waals surface area contributed by atoms with Crippen molar-refractivity contribution in [3.8, 4) is 0 Å². The van der Waals surface area contributed by atoms with E-state index in [0.29, 0.717) is 0 Å². The van der Waals surface area contributed by atoms with Crippen molar-refractivity contribution in [2.75, 3.05) is 0 Å². The van der Waals surface area contributed by atoms with Gasteiger partial charge in [0.05, 0.1) is 0 Å². The van der Waals surface area contributed by atoms with E-state index in [4.69, 9.17) is 20.2 Å². The molecule has 0 aliphatic heterocycles. The number of para-hydroxylation sites is 2. The maximum absolute atomic E-state index is 10.8. The maximum atomic E-state index is 10.8. The van der Waals surface area contributed by atoms with Gasteiger partial charge in [0.1, 0.15) is 0 Å². The number of halogens is 2. The molecule has 0 heterocycles. The minimum atomic E-state index is 0.0276. The van der Waals surface area contributed by atoms with Crippen molar-refractivity contribution in [3.05, 3.63) is 93.8 Å². The molecule has 0 atom stereocenters. The molecule has 31 heavy (non-hydrogen) atoms. The fraction of sp³-hybridized carbons (Fsp3) is 0.250. The summed E-state index contributed by atoms with van der Waals surface area (Å²) in [5.41, 5.74) is 5.55. The number of carbonyl (C=O) groups is 2. The van der Waals surface area contributed by atoms with Gasteiger partial charge in [0.2, 0.25) is 0 Å². The van der Waals surface area contributed by atoms with Gasteiger partial charge in [0, 0.05) is 0 Å². The summed E-state index contributed by atoms with van der Waals surface area (Å²) in [7, 11) is 9.53. The van der Waals surface area contributed by atoms with E-state index in [2.05, 4.69) is 10.6 Å². The van der Waals surface area contributed by atoms with E-state index in [9.17, 15) is 9.59 Å². The normalized spacial score (nSPS) is 10.8. The molecule has 0 unspecified atom stereocenters. The van der Waals surface area contributed by atoms with E-state index in [0.717, 1.165) is 33.9 Å². The Morgan fingerprint density at radius 3 is 1.26 bits per heavy atom. The predicted molar refractivity (Wildman–Crippen MR) is 129 cm³/mol. The average Bonchev–Trinajstić information content (AvgIpc) is 2.65. The summed E-state index contributed by atoms with van der Waals surface area (Å²) in [4.78, 5) is 21.6. The van der Waals surface area contributed by atoms with Gasteiger partial charge in [0.25, 0.3) is 0 Å². The molecule has 170 valence electrons. The molecule has 0 radical (unpaired) electrons. The predicted octanol–water partition coefficient (Wildman–Crippen LogP) is 8.36. The molecule has 0 bridgehead atoms. The number of aryl methyl sites for hydroxylation is 2. The molecule has 0 saturated heterocycles. The van der Waals surface area contributed by atoms with Crippen molar-refractivity contribution >= 4 is 43.1 Å². The Labute approximate surface area is 200 Å². The van der Waals surface area contributed by atoms with Crippen molar-refractivity contribution in [2.24, 2.45) is 0 Å². The second-order valence-corrected chi connectivity index (χ2v) is 8.46. The standard InChI is InChI=1S/2C12H15NO.2ClH.Fe/c2*1-9-6-4-5-7-12(9)13-10(2)8-11(3)14;;;/h2*4-8H,1-3H3,(H,13,14);2*1H;/q;;;;+2/p-4. The van der Waals surface area contributed by atoms with Crippen LogP contribution in [0.15, 0.2) is 72.1 Å². The monoisotopic (exact) mass is 502 g/mol. The molecular weight excluding hydrogens is 475 g/mol. The van der Waals surface area contributed by atoms with Gasteiger partial charge in [-0.05, 0) is 39.8 Å². The first-order chi connectivity index (χ1) is 14.6. The molecule has 4 nitrogen and oxygen atoms in total. The molecule has 2 rings (SSSR count). The second kappa shape index (κ2) is 16.6. The van der Waals surface area contributed by atoms with E-state index in [1.54, 1.807) is 0 Å². The minimum absolute atomic E-state index is 0.0276. The van der Waals surface area contributed by atoms with Gasteiger partial charge in [-0.1, -0.05) is 73.5 Å². The number of benzene rings is 2. The summed E-state index contributed by atoms with van der Waals surface area (Å²) in [6.45, 7) is 10.7. The van der Waals surface area contributed by atoms with Crippen LogP contribution in [0.2, 0.25) is 0 Å². The van der Waals surface area contributed by atoms with Gasteiger partial charge in [-0.15, -0.1) is 11.4 Å². The van der Waals surface area contributed by atoms with E-state index >= 15 is 0 Å². The molecule has 7 heteroatoms. The van der Waals surface area contributed by atoms with E-state index in [1.165, 1.54) is 26.0 Å². The molecule has 0 aliphatic rings. The summed E-state index contributed by atoms with van der Waals surface area (Å²) in [6, 6.07) is 15.7. The topological polar surface area (TPSA) is 62.3 Å². The number of ketones is 2. The van der Waals surface area contributed by atoms with Crippen LogP contribution in [-0.2, 0) is 22.7 Å². The summed E-state index contributed by atoms with van der Waals surface area (Å²) in [5.74, 6) is 0.0552. The Kier molecular flexibility index (Phi) is 15.5. The Morgan fingerprint density at radius 1 is 0.710 bits per heavy atom. The van der Waals surface area contributed by atoms with Gasteiger partial charge in [-0.2, -0.15) is 11.4 Å². The molecule has 2 aromatic rings.